The molecule has 0 aliphatic carbocycles. The fourth-order valence-electron chi connectivity index (χ4n) is 2.31. The first-order valence-electron chi connectivity index (χ1n) is 6.52. The van der Waals surface area contributed by atoms with E-state index in [1.807, 2.05) is 38.1 Å². The molecule has 0 spiro atoms. The van der Waals surface area contributed by atoms with Crippen LogP contribution in [-0.2, 0) is 13.6 Å². The van der Waals surface area contributed by atoms with Crippen molar-refractivity contribution < 1.29 is 0 Å². The number of hydrogen-bond acceptors (Lipinski definition) is 2. The summed E-state index contributed by atoms with van der Waals surface area (Å²) in [6, 6.07) is 10.1. The van der Waals surface area contributed by atoms with E-state index in [-0.39, 0.29) is 11.1 Å². The van der Waals surface area contributed by atoms with Crippen molar-refractivity contribution in [3.8, 4) is 6.07 Å². The zero-order valence-corrected chi connectivity index (χ0v) is 11.7. The maximum atomic E-state index is 12.2. The molecular weight excluding hydrogens is 238 g/mol. The molecule has 0 bridgehead atoms. The highest BCUT2D eigenvalue weighted by Crippen LogP contribution is 2.21. The second-order valence-electron chi connectivity index (χ2n) is 5.58. The zero-order chi connectivity index (χ0) is 14.0. The summed E-state index contributed by atoms with van der Waals surface area (Å²) in [6.07, 6.45) is 1.62. The number of nitrogens with zero attached hydrogens (tertiary/aromatic N) is 3. The Balaban J connectivity index is 2.25. The van der Waals surface area contributed by atoms with E-state index in [9.17, 15) is 4.79 Å². The fourth-order valence-corrected chi connectivity index (χ4v) is 2.31. The van der Waals surface area contributed by atoms with Gasteiger partial charge in [0.2, 0.25) is 0 Å². The molecule has 1 heterocycles. The summed E-state index contributed by atoms with van der Waals surface area (Å²) in [6.45, 7) is 4.52. The minimum Gasteiger partial charge on any atom is -0.295 e. The lowest BCUT2D eigenvalue weighted by Crippen LogP contribution is -2.23. The van der Waals surface area contributed by atoms with E-state index >= 15 is 0 Å². The molecule has 0 radical (unpaired) electrons. The van der Waals surface area contributed by atoms with Crippen LogP contribution in [0.25, 0.3) is 11.0 Å². The van der Waals surface area contributed by atoms with Gasteiger partial charge >= 0.3 is 5.69 Å². The van der Waals surface area contributed by atoms with Gasteiger partial charge in [-0.05, 0) is 38.8 Å². The van der Waals surface area contributed by atoms with Crippen molar-refractivity contribution in [1.29, 1.82) is 5.26 Å². The number of nitriles is 1. The van der Waals surface area contributed by atoms with Crippen LogP contribution in [0.4, 0.5) is 0 Å². The standard InChI is InChI=1S/C15H19N3O/c1-15(2,11-16)9-6-10-18-13-8-5-4-7-12(13)17(3)14(18)19/h4-5,7-8H,6,9-10H2,1-3H3. The Morgan fingerprint density at radius 2 is 1.89 bits per heavy atom. The van der Waals surface area contributed by atoms with Crippen molar-refractivity contribution >= 4 is 11.0 Å². The van der Waals surface area contributed by atoms with Crippen LogP contribution in [0.2, 0.25) is 0 Å². The first kappa shape index (κ1) is 13.4. The molecule has 1 aromatic heterocycles. The van der Waals surface area contributed by atoms with Crippen LogP contribution >= 0.6 is 0 Å². The van der Waals surface area contributed by atoms with E-state index in [1.54, 1.807) is 16.2 Å². The number of imidazole rings is 1. The molecule has 0 amide bonds. The molecule has 4 heteroatoms. The molecule has 2 rings (SSSR count). The Bertz CT molecular complexity index is 685. The topological polar surface area (TPSA) is 50.7 Å². The normalized spacial score (nSPS) is 11.7. The largest absolute Gasteiger partial charge is 0.328 e. The van der Waals surface area contributed by atoms with Gasteiger partial charge in [-0.3, -0.25) is 9.13 Å². The number of hydrogen-bond donors (Lipinski definition) is 0. The number of para-hydroxylation sites is 2. The van der Waals surface area contributed by atoms with Crippen molar-refractivity contribution in [2.45, 2.75) is 33.2 Å². The van der Waals surface area contributed by atoms with Crippen molar-refractivity contribution in [1.82, 2.24) is 9.13 Å². The lowest BCUT2D eigenvalue weighted by Gasteiger charge is -2.14. The maximum Gasteiger partial charge on any atom is 0.328 e. The van der Waals surface area contributed by atoms with Crippen molar-refractivity contribution in [3.05, 3.63) is 34.7 Å². The average Bonchev–Trinajstić information content (AvgIpc) is 2.64. The second kappa shape index (κ2) is 4.93. The highest BCUT2D eigenvalue weighted by Gasteiger charge is 2.17. The second-order valence-corrected chi connectivity index (χ2v) is 5.58. The van der Waals surface area contributed by atoms with Crippen molar-refractivity contribution in [2.75, 3.05) is 0 Å². The van der Waals surface area contributed by atoms with Gasteiger partial charge in [-0.15, -0.1) is 0 Å². The van der Waals surface area contributed by atoms with Crippen LogP contribution in [0.5, 0.6) is 0 Å². The molecule has 0 aliphatic heterocycles. The van der Waals surface area contributed by atoms with Gasteiger partial charge in [0.15, 0.2) is 0 Å². The molecule has 0 atom stereocenters. The summed E-state index contributed by atoms with van der Waals surface area (Å²) in [5, 5.41) is 9.00. The third-order valence-electron chi connectivity index (χ3n) is 3.54. The van der Waals surface area contributed by atoms with E-state index in [4.69, 9.17) is 5.26 Å². The quantitative estimate of drug-likeness (QED) is 0.845. The predicted molar refractivity (Wildman–Crippen MR) is 75.8 cm³/mol. The fraction of sp³-hybridized carbons (Fsp3) is 0.467. The van der Waals surface area contributed by atoms with Crippen LogP contribution in [0.3, 0.4) is 0 Å². The van der Waals surface area contributed by atoms with Gasteiger partial charge in [-0.25, -0.2) is 4.79 Å². The molecule has 0 aliphatic rings. The third-order valence-corrected chi connectivity index (χ3v) is 3.54. The van der Waals surface area contributed by atoms with Gasteiger partial charge in [0.25, 0.3) is 0 Å². The molecule has 0 saturated carbocycles. The molecule has 1 aromatic carbocycles. The molecule has 0 unspecified atom stereocenters. The van der Waals surface area contributed by atoms with E-state index in [0.717, 1.165) is 23.9 Å². The van der Waals surface area contributed by atoms with Crippen LogP contribution in [0.1, 0.15) is 26.7 Å². The molecule has 19 heavy (non-hydrogen) atoms. The van der Waals surface area contributed by atoms with Crippen LogP contribution < -0.4 is 5.69 Å². The zero-order valence-electron chi connectivity index (χ0n) is 11.7. The lowest BCUT2D eigenvalue weighted by molar-refractivity contribution is 0.415. The Morgan fingerprint density at radius 1 is 1.26 bits per heavy atom. The van der Waals surface area contributed by atoms with Gasteiger partial charge in [0.05, 0.1) is 22.5 Å². The van der Waals surface area contributed by atoms with Crippen molar-refractivity contribution in [2.24, 2.45) is 12.5 Å². The lowest BCUT2D eigenvalue weighted by atomic mass is 9.90. The monoisotopic (exact) mass is 257 g/mol. The summed E-state index contributed by atoms with van der Waals surface area (Å²) in [7, 11) is 1.79. The minimum absolute atomic E-state index is 0.0102. The average molecular weight is 257 g/mol. The minimum atomic E-state index is -0.325. The molecule has 0 fully saturated rings. The van der Waals surface area contributed by atoms with Gasteiger partial charge in [0.1, 0.15) is 0 Å². The van der Waals surface area contributed by atoms with Crippen LogP contribution in [-0.4, -0.2) is 9.13 Å². The molecule has 0 N–H and O–H groups in total. The molecule has 100 valence electrons. The molecule has 4 nitrogen and oxygen atoms in total. The van der Waals surface area contributed by atoms with E-state index in [0.29, 0.717) is 6.54 Å². The number of aryl methyl sites for hydroxylation is 2. The van der Waals surface area contributed by atoms with E-state index in [2.05, 4.69) is 6.07 Å². The first-order valence-corrected chi connectivity index (χ1v) is 6.52. The van der Waals surface area contributed by atoms with Gasteiger partial charge < -0.3 is 0 Å². The Morgan fingerprint density at radius 3 is 2.53 bits per heavy atom. The van der Waals surface area contributed by atoms with E-state index in [1.165, 1.54) is 0 Å². The van der Waals surface area contributed by atoms with Gasteiger partial charge in [-0.1, -0.05) is 12.1 Å². The highest BCUT2D eigenvalue weighted by molar-refractivity contribution is 5.75. The maximum absolute atomic E-state index is 12.2. The number of fused-ring (bicyclic) bond motifs is 1. The van der Waals surface area contributed by atoms with Crippen molar-refractivity contribution in [3.63, 3.8) is 0 Å². The van der Waals surface area contributed by atoms with Crippen LogP contribution in [0.15, 0.2) is 29.1 Å². The predicted octanol–water partition coefficient (Wildman–Crippen LogP) is 2.67. The van der Waals surface area contributed by atoms with Gasteiger partial charge in [0, 0.05) is 13.6 Å². The molecular formula is C15H19N3O. The summed E-state index contributed by atoms with van der Waals surface area (Å²) in [5.74, 6) is 0. The van der Waals surface area contributed by atoms with Gasteiger partial charge in [-0.2, -0.15) is 5.26 Å². The smallest absolute Gasteiger partial charge is 0.295 e. The summed E-state index contributed by atoms with van der Waals surface area (Å²) in [4.78, 5) is 12.2. The first-order chi connectivity index (χ1) is 8.96. The summed E-state index contributed by atoms with van der Waals surface area (Å²) < 4.78 is 3.47. The molecule has 2 aromatic rings. The summed E-state index contributed by atoms with van der Waals surface area (Å²) >= 11 is 0. The molecule has 0 saturated heterocycles. The number of rotatable bonds is 4. The Hall–Kier alpha value is -2.02. The van der Waals surface area contributed by atoms with Crippen LogP contribution in [0, 0.1) is 16.7 Å². The number of aromatic nitrogens is 2. The third kappa shape index (κ3) is 2.55. The Labute approximate surface area is 112 Å². The SMILES string of the molecule is Cn1c(=O)n(CCCC(C)(C)C#N)c2ccccc21. The highest BCUT2D eigenvalue weighted by atomic mass is 16.1. The van der Waals surface area contributed by atoms with E-state index < -0.39 is 0 Å². The summed E-state index contributed by atoms with van der Waals surface area (Å²) in [5.41, 5.74) is 1.60. The number of benzene rings is 1. The Kier molecular flexibility index (Phi) is 3.48.